The molecule has 3 rings (SSSR count). The Labute approximate surface area is 186 Å². The van der Waals surface area contributed by atoms with E-state index in [0.717, 1.165) is 27.8 Å². The fourth-order valence-electron chi connectivity index (χ4n) is 2.91. The van der Waals surface area contributed by atoms with Gasteiger partial charge >= 0.3 is 0 Å². The fourth-order valence-corrected chi connectivity index (χ4v) is 3.82. The topological polar surface area (TPSA) is 63.1 Å². The van der Waals surface area contributed by atoms with Crippen molar-refractivity contribution < 1.29 is 4.79 Å². The first-order valence-corrected chi connectivity index (χ1v) is 11.0. The lowest BCUT2D eigenvalue weighted by Crippen LogP contribution is -2.21. The third kappa shape index (κ3) is 5.62. The molecule has 8 heteroatoms. The quantitative estimate of drug-likeness (QED) is 0.514. The van der Waals surface area contributed by atoms with Gasteiger partial charge in [0.1, 0.15) is 0 Å². The van der Waals surface area contributed by atoms with Gasteiger partial charge in [-0.25, -0.2) is 0 Å². The van der Waals surface area contributed by atoms with Crippen molar-refractivity contribution in [3.05, 3.63) is 70.5 Å². The Bertz CT molecular complexity index is 1010. The summed E-state index contributed by atoms with van der Waals surface area (Å²) < 4.78 is 2.09. The number of carbonyl (C=O) groups excluding carboxylic acids is 1. The lowest BCUT2D eigenvalue weighted by molar-refractivity contribution is -0.113. The number of aryl methyl sites for hydroxylation is 1. The minimum Gasteiger partial charge on any atom is -0.325 e. The summed E-state index contributed by atoms with van der Waals surface area (Å²) in [6, 6.07) is 15.7. The minimum atomic E-state index is -0.109. The van der Waals surface area contributed by atoms with Gasteiger partial charge in [-0.2, -0.15) is 0 Å². The van der Waals surface area contributed by atoms with E-state index >= 15 is 0 Å². The van der Waals surface area contributed by atoms with Gasteiger partial charge in [-0.05, 0) is 51.2 Å². The van der Waals surface area contributed by atoms with Crippen LogP contribution in [0.1, 0.15) is 29.9 Å². The highest BCUT2D eigenvalue weighted by Crippen LogP contribution is 2.25. The van der Waals surface area contributed by atoms with Crippen LogP contribution in [0.5, 0.6) is 0 Å². The van der Waals surface area contributed by atoms with Gasteiger partial charge in [0.2, 0.25) is 5.91 Å². The maximum absolute atomic E-state index is 12.5. The molecule has 1 aromatic heterocycles. The number of aromatic nitrogens is 3. The number of anilines is 1. The molecule has 0 bridgehead atoms. The van der Waals surface area contributed by atoms with Crippen LogP contribution < -0.4 is 5.32 Å². The molecule has 1 heterocycles. The molecule has 0 spiro atoms. The van der Waals surface area contributed by atoms with Crippen LogP contribution in [0, 0.1) is 6.92 Å². The Kier molecular flexibility index (Phi) is 7.53. The second-order valence-electron chi connectivity index (χ2n) is 7.35. The third-order valence-electron chi connectivity index (χ3n) is 4.88. The summed E-state index contributed by atoms with van der Waals surface area (Å²) >= 11 is 7.43. The number of hydrogen-bond acceptors (Lipinski definition) is 5. The van der Waals surface area contributed by atoms with Crippen molar-refractivity contribution in [2.24, 2.45) is 0 Å². The average Bonchev–Trinajstić information content (AvgIpc) is 3.11. The molecule has 3 aromatic rings. The molecule has 1 unspecified atom stereocenters. The number of halogens is 1. The number of thioether (sulfide) groups is 1. The second kappa shape index (κ2) is 10.1. The molecule has 0 fully saturated rings. The SMILES string of the molecule is Cc1ccc(Cl)cc1NC(=O)CSc1nnc(C(C)N(C)C)n1Cc1ccccc1. The van der Waals surface area contributed by atoms with Crippen molar-refractivity contribution >= 4 is 35.0 Å². The number of benzene rings is 2. The van der Waals surface area contributed by atoms with E-state index < -0.39 is 0 Å². The average molecular weight is 444 g/mol. The number of nitrogens with zero attached hydrogens (tertiary/aromatic N) is 4. The number of amides is 1. The Morgan fingerprint density at radius 3 is 2.63 bits per heavy atom. The van der Waals surface area contributed by atoms with Crippen molar-refractivity contribution in [1.82, 2.24) is 19.7 Å². The van der Waals surface area contributed by atoms with Crippen molar-refractivity contribution in [2.75, 3.05) is 25.2 Å². The van der Waals surface area contributed by atoms with Gasteiger partial charge in [-0.3, -0.25) is 9.69 Å². The molecule has 1 N–H and O–H groups in total. The molecule has 6 nitrogen and oxygen atoms in total. The van der Waals surface area contributed by atoms with Crippen LogP contribution in [0.25, 0.3) is 0 Å². The Morgan fingerprint density at radius 2 is 1.93 bits per heavy atom. The third-order valence-corrected chi connectivity index (χ3v) is 6.09. The largest absolute Gasteiger partial charge is 0.325 e. The van der Waals surface area contributed by atoms with E-state index in [-0.39, 0.29) is 17.7 Å². The highest BCUT2D eigenvalue weighted by molar-refractivity contribution is 7.99. The van der Waals surface area contributed by atoms with Crippen LogP contribution in [0.4, 0.5) is 5.69 Å². The van der Waals surface area contributed by atoms with E-state index in [9.17, 15) is 4.79 Å². The van der Waals surface area contributed by atoms with Crippen LogP contribution in [0.15, 0.2) is 53.7 Å². The van der Waals surface area contributed by atoms with E-state index in [1.54, 1.807) is 12.1 Å². The van der Waals surface area contributed by atoms with Crippen LogP contribution in [-0.4, -0.2) is 45.4 Å². The smallest absolute Gasteiger partial charge is 0.234 e. The first-order valence-electron chi connectivity index (χ1n) is 9.67. The lowest BCUT2D eigenvalue weighted by Gasteiger charge is -2.20. The maximum Gasteiger partial charge on any atom is 0.234 e. The molecule has 0 saturated heterocycles. The fraction of sp³-hybridized carbons (Fsp3) is 0.318. The molecule has 1 amide bonds. The van der Waals surface area contributed by atoms with Gasteiger partial charge < -0.3 is 9.88 Å². The molecular weight excluding hydrogens is 418 g/mol. The molecule has 0 aliphatic heterocycles. The molecule has 30 heavy (non-hydrogen) atoms. The van der Waals surface area contributed by atoms with E-state index in [1.807, 2.05) is 45.3 Å². The molecule has 0 aliphatic rings. The van der Waals surface area contributed by atoms with Gasteiger partial charge in [-0.1, -0.05) is 59.8 Å². The summed E-state index contributed by atoms with van der Waals surface area (Å²) in [5, 5.41) is 13.0. The van der Waals surface area contributed by atoms with Gasteiger partial charge in [0.25, 0.3) is 0 Å². The van der Waals surface area contributed by atoms with E-state index in [4.69, 9.17) is 11.6 Å². The zero-order valence-corrected chi connectivity index (χ0v) is 19.2. The van der Waals surface area contributed by atoms with Gasteiger partial charge in [0.15, 0.2) is 11.0 Å². The molecule has 1 atom stereocenters. The van der Waals surface area contributed by atoms with Crippen molar-refractivity contribution in [3.63, 3.8) is 0 Å². The summed E-state index contributed by atoms with van der Waals surface area (Å²) in [7, 11) is 4.03. The Morgan fingerprint density at radius 1 is 1.20 bits per heavy atom. The predicted molar refractivity (Wildman–Crippen MR) is 123 cm³/mol. The highest BCUT2D eigenvalue weighted by atomic mass is 35.5. The van der Waals surface area contributed by atoms with Crippen molar-refractivity contribution in [3.8, 4) is 0 Å². The van der Waals surface area contributed by atoms with E-state index in [0.29, 0.717) is 11.6 Å². The van der Waals surface area contributed by atoms with Crippen LogP contribution >= 0.6 is 23.4 Å². The number of hydrogen-bond donors (Lipinski definition) is 1. The molecule has 0 radical (unpaired) electrons. The summed E-state index contributed by atoms with van der Waals surface area (Å²) in [6.07, 6.45) is 0. The number of carbonyl (C=O) groups is 1. The van der Waals surface area contributed by atoms with Crippen LogP contribution in [0.3, 0.4) is 0 Å². The first-order chi connectivity index (χ1) is 14.3. The molecular formula is C22H26ClN5OS. The van der Waals surface area contributed by atoms with Gasteiger partial charge in [0.05, 0.1) is 18.3 Å². The summed E-state index contributed by atoms with van der Waals surface area (Å²) in [5.74, 6) is 0.995. The lowest BCUT2D eigenvalue weighted by atomic mass is 10.2. The van der Waals surface area contributed by atoms with E-state index in [2.05, 4.69) is 44.0 Å². The van der Waals surface area contributed by atoms with Gasteiger partial charge in [-0.15, -0.1) is 10.2 Å². The van der Waals surface area contributed by atoms with Crippen LogP contribution in [-0.2, 0) is 11.3 Å². The Balaban J connectivity index is 1.76. The molecule has 0 saturated carbocycles. The molecule has 0 aliphatic carbocycles. The zero-order valence-electron chi connectivity index (χ0n) is 17.6. The number of nitrogens with one attached hydrogen (secondary N) is 1. The number of rotatable bonds is 8. The minimum absolute atomic E-state index is 0.0958. The second-order valence-corrected chi connectivity index (χ2v) is 8.73. The van der Waals surface area contributed by atoms with E-state index in [1.165, 1.54) is 11.8 Å². The molecule has 2 aromatic carbocycles. The maximum atomic E-state index is 12.5. The first kappa shape index (κ1) is 22.3. The summed E-state index contributed by atoms with van der Waals surface area (Å²) in [4.78, 5) is 14.6. The summed E-state index contributed by atoms with van der Waals surface area (Å²) in [5.41, 5.74) is 2.85. The zero-order chi connectivity index (χ0) is 21.7. The molecule has 158 valence electrons. The van der Waals surface area contributed by atoms with Gasteiger partial charge in [0, 0.05) is 10.7 Å². The van der Waals surface area contributed by atoms with Crippen molar-refractivity contribution in [2.45, 2.75) is 31.6 Å². The summed E-state index contributed by atoms with van der Waals surface area (Å²) in [6.45, 7) is 4.68. The Hall–Kier alpha value is -2.35. The van der Waals surface area contributed by atoms with Crippen LogP contribution in [0.2, 0.25) is 5.02 Å². The monoisotopic (exact) mass is 443 g/mol. The predicted octanol–water partition coefficient (Wildman–Crippen LogP) is 4.64. The highest BCUT2D eigenvalue weighted by Gasteiger charge is 2.20. The standard InChI is InChI=1S/C22H26ClN5OS/c1-15-10-11-18(23)12-19(15)24-20(29)14-30-22-26-25-21(16(2)27(3)4)28(22)13-17-8-6-5-7-9-17/h5-12,16H,13-14H2,1-4H3,(H,24,29). The van der Waals surface area contributed by atoms with Crippen molar-refractivity contribution in [1.29, 1.82) is 0 Å². The normalized spacial score (nSPS) is 12.2.